The fraction of sp³-hybridized carbons (Fsp3) is 0.227. The summed E-state index contributed by atoms with van der Waals surface area (Å²) in [7, 11) is 0. The highest BCUT2D eigenvalue weighted by Gasteiger charge is 2.47. The van der Waals surface area contributed by atoms with Gasteiger partial charge in [-0.05, 0) is 35.9 Å². The first-order chi connectivity index (χ1) is 15.9. The van der Waals surface area contributed by atoms with Crippen LogP contribution >= 0.6 is 0 Å². The van der Waals surface area contributed by atoms with E-state index in [1.54, 1.807) is 23.0 Å². The van der Waals surface area contributed by atoms with Crippen molar-refractivity contribution in [2.24, 2.45) is 0 Å². The van der Waals surface area contributed by atoms with E-state index in [0.29, 0.717) is 5.76 Å². The molecule has 170 valence electrons. The average molecular weight is 456 g/mol. The molecule has 0 aliphatic carbocycles. The normalized spacial score (nSPS) is 17.9. The van der Waals surface area contributed by atoms with Crippen molar-refractivity contribution >= 4 is 11.7 Å². The van der Waals surface area contributed by atoms with Crippen molar-refractivity contribution in [2.45, 2.75) is 31.2 Å². The van der Waals surface area contributed by atoms with E-state index in [2.05, 4.69) is 20.8 Å². The highest BCUT2D eigenvalue weighted by molar-refractivity contribution is 5.98. The Morgan fingerprint density at radius 1 is 1.18 bits per heavy atom. The largest absolute Gasteiger partial charge is 0.467 e. The third-order valence-electron chi connectivity index (χ3n) is 5.53. The number of nitrogens with one attached hydrogen (secondary N) is 2. The van der Waals surface area contributed by atoms with Crippen LogP contribution in [0.25, 0.3) is 5.69 Å². The molecule has 0 saturated carbocycles. The molecule has 8 nitrogen and oxygen atoms in total. The Hall–Kier alpha value is -4.02. The molecule has 4 aromatic rings. The van der Waals surface area contributed by atoms with E-state index in [-0.39, 0.29) is 24.3 Å². The van der Waals surface area contributed by atoms with E-state index in [4.69, 9.17) is 4.42 Å². The second kappa shape index (κ2) is 8.15. The smallest absolute Gasteiger partial charge is 0.410 e. The van der Waals surface area contributed by atoms with Gasteiger partial charge < -0.3 is 15.1 Å². The fourth-order valence-corrected chi connectivity index (χ4v) is 3.87. The van der Waals surface area contributed by atoms with E-state index in [9.17, 15) is 18.0 Å². The van der Waals surface area contributed by atoms with Gasteiger partial charge in [0.25, 0.3) is 5.91 Å². The van der Waals surface area contributed by atoms with Crippen LogP contribution < -0.4 is 10.6 Å². The molecular weight excluding hydrogens is 437 g/mol. The van der Waals surface area contributed by atoms with Crippen molar-refractivity contribution < 1.29 is 22.4 Å². The number of alkyl halides is 3. The number of amides is 1. The van der Waals surface area contributed by atoms with Gasteiger partial charge in [-0.15, -0.1) is 0 Å². The number of fused-ring (bicyclic) bond motifs is 1. The second-order valence-electron chi connectivity index (χ2n) is 7.66. The average Bonchev–Trinajstić information content (AvgIpc) is 3.58. The number of hydrogen-bond donors (Lipinski definition) is 2. The van der Waals surface area contributed by atoms with Crippen LogP contribution in [0, 0.1) is 0 Å². The Morgan fingerprint density at radius 3 is 2.67 bits per heavy atom. The van der Waals surface area contributed by atoms with Crippen LogP contribution in [0.1, 0.15) is 40.2 Å². The van der Waals surface area contributed by atoms with Gasteiger partial charge in [0.15, 0.2) is 6.04 Å². The fourth-order valence-electron chi connectivity index (χ4n) is 3.87. The third kappa shape index (κ3) is 4.09. The topological polar surface area (TPSA) is 89.9 Å². The molecule has 5 rings (SSSR count). The highest BCUT2D eigenvalue weighted by Crippen LogP contribution is 2.44. The first-order valence-corrected chi connectivity index (χ1v) is 10.2. The molecule has 2 atom stereocenters. The van der Waals surface area contributed by atoms with Gasteiger partial charge >= 0.3 is 6.18 Å². The van der Waals surface area contributed by atoms with Crippen LogP contribution in [0.3, 0.4) is 0 Å². The number of nitrogens with zero attached hydrogens (tertiary/aromatic N) is 4. The molecule has 33 heavy (non-hydrogen) atoms. The van der Waals surface area contributed by atoms with Crippen molar-refractivity contribution in [3.8, 4) is 5.69 Å². The van der Waals surface area contributed by atoms with Gasteiger partial charge in [0.1, 0.15) is 17.1 Å². The van der Waals surface area contributed by atoms with Crippen molar-refractivity contribution in [1.82, 2.24) is 24.9 Å². The maximum absolute atomic E-state index is 13.7. The quantitative estimate of drug-likeness (QED) is 0.469. The van der Waals surface area contributed by atoms with Gasteiger partial charge in [0.05, 0.1) is 24.2 Å². The van der Waals surface area contributed by atoms with Crippen LogP contribution in [-0.2, 0) is 6.54 Å². The first-order valence-electron chi connectivity index (χ1n) is 10.2. The predicted molar refractivity (Wildman–Crippen MR) is 112 cm³/mol. The van der Waals surface area contributed by atoms with Crippen LogP contribution in [0.4, 0.5) is 19.0 Å². The summed E-state index contributed by atoms with van der Waals surface area (Å²) in [5.41, 5.74) is 1.73. The highest BCUT2D eigenvalue weighted by atomic mass is 19.4. The number of aromatic nitrogens is 4. The van der Waals surface area contributed by atoms with Gasteiger partial charge in [0, 0.05) is 25.4 Å². The maximum Gasteiger partial charge on any atom is 0.410 e. The number of anilines is 1. The summed E-state index contributed by atoms with van der Waals surface area (Å²) in [5, 5.41) is 13.8. The lowest BCUT2D eigenvalue weighted by Crippen LogP contribution is -2.36. The zero-order chi connectivity index (χ0) is 23.0. The van der Waals surface area contributed by atoms with E-state index < -0.39 is 24.2 Å². The van der Waals surface area contributed by atoms with Crippen molar-refractivity contribution in [3.63, 3.8) is 0 Å². The van der Waals surface area contributed by atoms with Crippen molar-refractivity contribution in [2.75, 3.05) is 5.32 Å². The second-order valence-corrected chi connectivity index (χ2v) is 7.66. The zero-order valence-corrected chi connectivity index (χ0v) is 17.2. The maximum atomic E-state index is 13.7. The van der Waals surface area contributed by atoms with Crippen LogP contribution in [0.2, 0.25) is 0 Å². The number of furan rings is 1. The number of benzene rings is 1. The molecule has 4 heterocycles. The lowest BCUT2D eigenvalue weighted by atomic mass is 10.0. The van der Waals surface area contributed by atoms with E-state index in [0.717, 1.165) is 22.1 Å². The van der Waals surface area contributed by atoms with Crippen LogP contribution in [0.15, 0.2) is 71.7 Å². The number of hydrogen-bond acceptors (Lipinski definition) is 5. The molecule has 0 fully saturated rings. The molecule has 1 aliphatic heterocycles. The molecule has 1 amide bonds. The standard InChI is InChI=1S/C22H19F3N6O2/c23-22(24,25)19-11-17(18-3-1-10-33-18)29-20-16(13-28-31(19)20)21(32)26-12-14-4-6-15(7-5-14)30-9-2-8-27-30/h1-10,13,17,19,29H,11-12H2,(H,26,32)/t17-,19-/m0/s1. The molecular formula is C22H19F3N6O2. The zero-order valence-electron chi connectivity index (χ0n) is 17.2. The summed E-state index contributed by atoms with van der Waals surface area (Å²) in [5.74, 6) is -0.155. The minimum absolute atomic E-state index is 0.0107. The monoisotopic (exact) mass is 456 g/mol. The Bertz CT molecular complexity index is 1230. The molecule has 0 bridgehead atoms. The van der Waals surface area contributed by atoms with Crippen LogP contribution in [-0.4, -0.2) is 31.6 Å². The SMILES string of the molecule is O=C(NCc1ccc(-n2cccn2)cc1)c1cnn2c1N[C@H](c1ccco1)C[C@H]2C(F)(F)F. The van der Waals surface area contributed by atoms with Gasteiger partial charge in [-0.3, -0.25) is 4.79 Å². The molecule has 1 aliphatic rings. The van der Waals surface area contributed by atoms with E-state index in [1.807, 2.05) is 36.5 Å². The Labute approximate surface area is 186 Å². The molecule has 11 heteroatoms. The summed E-state index contributed by atoms with van der Waals surface area (Å²) in [6.45, 7) is 0.202. The van der Waals surface area contributed by atoms with E-state index in [1.165, 1.54) is 6.26 Å². The van der Waals surface area contributed by atoms with Gasteiger partial charge in [-0.2, -0.15) is 23.4 Å². The molecule has 0 saturated heterocycles. The molecule has 0 spiro atoms. The van der Waals surface area contributed by atoms with E-state index >= 15 is 0 Å². The molecule has 2 N–H and O–H groups in total. The number of halogens is 3. The summed E-state index contributed by atoms with van der Waals surface area (Å²) in [4.78, 5) is 12.8. The van der Waals surface area contributed by atoms with Crippen molar-refractivity contribution in [3.05, 3.63) is 84.2 Å². The Balaban J connectivity index is 1.34. The number of rotatable bonds is 5. The van der Waals surface area contributed by atoms with Gasteiger partial charge in [0.2, 0.25) is 0 Å². The van der Waals surface area contributed by atoms with Crippen LogP contribution in [0.5, 0.6) is 0 Å². The molecule has 0 unspecified atom stereocenters. The summed E-state index contributed by atoms with van der Waals surface area (Å²) in [6.07, 6.45) is 1.22. The molecule has 0 radical (unpaired) electrons. The minimum Gasteiger partial charge on any atom is -0.467 e. The Kier molecular flexibility index (Phi) is 5.15. The lowest BCUT2D eigenvalue weighted by molar-refractivity contribution is -0.174. The summed E-state index contributed by atoms with van der Waals surface area (Å²) in [6, 6.07) is 9.82. The summed E-state index contributed by atoms with van der Waals surface area (Å²) >= 11 is 0. The minimum atomic E-state index is -4.53. The number of carbonyl (C=O) groups is 1. The van der Waals surface area contributed by atoms with Gasteiger partial charge in [-0.1, -0.05) is 12.1 Å². The first kappa shape index (κ1) is 20.9. The van der Waals surface area contributed by atoms with Crippen molar-refractivity contribution in [1.29, 1.82) is 0 Å². The predicted octanol–water partition coefficient (Wildman–Crippen LogP) is 4.25. The molecule has 3 aromatic heterocycles. The Morgan fingerprint density at radius 2 is 2.00 bits per heavy atom. The van der Waals surface area contributed by atoms with Gasteiger partial charge in [-0.25, -0.2) is 9.36 Å². The molecule has 1 aromatic carbocycles. The lowest BCUT2D eigenvalue weighted by Gasteiger charge is -2.32. The summed E-state index contributed by atoms with van der Waals surface area (Å²) < 4.78 is 49.0. The number of carbonyl (C=O) groups excluding carboxylic acids is 1. The third-order valence-corrected chi connectivity index (χ3v) is 5.53.